The van der Waals surface area contributed by atoms with E-state index >= 15 is 0 Å². The van der Waals surface area contributed by atoms with Crippen LogP contribution in [0.15, 0.2) is 35.7 Å². The van der Waals surface area contributed by atoms with Crippen molar-refractivity contribution in [3.8, 4) is 0 Å². The zero-order valence-electron chi connectivity index (χ0n) is 12.2. The Morgan fingerprint density at radius 2 is 2.05 bits per heavy atom. The van der Waals surface area contributed by atoms with E-state index in [2.05, 4.69) is 48.8 Å². The molecule has 0 saturated heterocycles. The summed E-state index contributed by atoms with van der Waals surface area (Å²) >= 11 is 8.38. The van der Waals surface area contributed by atoms with Crippen LogP contribution < -0.4 is 5.32 Å². The van der Waals surface area contributed by atoms with E-state index < -0.39 is 0 Å². The summed E-state index contributed by atoms with van der Waals surface area (Å²) in [5.41, 5.74) is 5.22. The summed E-state index contributed by atoms with van der Waals surface area (Å²) in [7, 11) is 0. The van der Waals surface area contributed by atoms with E-state index in [1.165, 1.54) is 27.3 Å². The van der Waals surface area contributed by atoms with Crippen molar-refractivity contribution in [2.75, 3.05) is 5.32 Å². The lowest BCUT2D eigenvalue weighted by Gasteiger charge is -2.38. The monoisotopic (exact) mass is 315 g/mol. The van der Waals surface area contributed by atoms with Crippen LogP contribution in [0.2, 0.25) is 5.02 Å². The third kappa shape index (κ3) is 1.96. The number of nitrogens with one attached hydrogen (secondary N) is 1. The molecule has 2 aliphatic rings. The average Bonchev–Trinajstić information content (AvgIpc) is 3.10. The van der Waals surface area contributed by atoms with Crippen LogP contribution in [0.4, 0.5) is 5.69 Å². The fraction of sp³-hybridized carbons (Fsp3) is 0.333. The quantitative estimate of drug-likeness (QED) is 0.651. The predicted octanol–water partition coefficient (Wildman–Crippen LogP) is 5.84. The number of benzene rings is 1. The van der Waals surface area contributed by atoms with Gasteiger partial charge in [0.1, 0.15) is 0 Å². The van der Waals surface area contributed by atoms with E-state index in [1.807, 2.05) is 17.4 Å². The Balaban J connectivity index is 1.88. The second-order valence-electron chi connectivity index (χ2n) is 6.10. The summed E-state index contributed by atoms with van der Waals surface area (Å²) in [6, 6.07) is 6.78. The predicted molar refractivity (Wildman–Crippen MR) is 91.6 cm³/mol. The summed E-state index contributed by atoms with van der Waals surface area (Å²) in [5, 5.41) is 6.90. The van der Waals surface area contributed by atoms with Gasteiger partial charge in [-0.25, -0.2) is 0 Å². The second kappa shape index (κ2) is 4.89. The maximum atomic E-state index is 6.51. The van der Waals surface area contributed by atoms with Crippen molar-refractivity contribution in [3.63, 3.8) is 0 Å². The Morgan fingerprint density at radius 1 is 1.19 bits per heavy atom. The van der Waals surface area contributed by atoms with Crippen molar-refractivity contribution in [2.24, 2.45) is 5.92 Å². The SMILES string of the molecule is Cc1ccsc1C1Nc2c(C)ccc(Cl)c2C2C=CCC21. The van der Waals surface area contributed by atoms with Crippen LogP contribution in [0.3, 0.4) is 0 Å². The number of anilines is 1. The molecule has 1 aliphatic heterocycles. The summed E-state index contributed by atoms with van der Waals surface area (Å²) < 4.78 is 0. The molecular formula is C18H18ClNS. The van der Waals surface area contributed by atoms with Crippen molar-refractivity contribution in [2.45, 2.75) is 32.2 Å². The first-order valence-electron chi connectivity index (χ1n) is 7.43. The molecule has 4 rings (SSSR count). The molecule has 0 spiro atoms. The number of allylic oxidation sites excluding steroid dienone is 2. The lowest BCUT2D eigenvalue weighted by molar-refractivity contribution is 0.429. The number of halogens is 1. The van der Waals surface area contributed by atoms with Gasteiger partial charge < -0.3 is 5.32 Å². The Morgan fingerprint density at radius 3 is 2.81 bits per heavy atom. The van der Waals surface area contributed by atoms with Crippen LogP contribution in [0.1, 0.15) is 39.9 Å². The smallest absolute Gasteiger partial charge is 0.0649 e. The molecule has 0 saturated carbocycles. The van der Waals surface area contributed by atoms with E-state index in [0.717, 1.165) is 11.4 Å². The second-order valence-corrected chi connectivity index (χ2v) is 7.45. The van der Waals surface area contributed by atoms with Crippen LogP contribution in [-0.4, -0.2) is 0 Å². The average molecular weight is 316 g/mol. The molecule has 1 N–H and O–H groups in total. The number of rotatable bonds is 1. The van der Waals surface area contributed by atoms with Crippen molar-refractivity contribution < 1.29 is 0 Å². The Labute approximate surface area is 134 Å². The zero-order chi connectivity index (χ0) is 14.6. The van der Waals surface area contributed by atoms with Gasteiger partial charge >= 0.3 is 0 Å². The van der Waals surface area contributed by atoms with Crippen molar-refractivity contribution in [3.05, 3.63) is 62.3 Å². The normalized spacial score (nSPS) is 26.3. The summed E-state index contributed by atoms with van der Waals surface area (Å²) in [4.78, 5) is 1.47. The molecule has 1 aliphatic carbocycles. The molecule has 3 heteroatoms. The molecule has 2 heterocycles. The van der Waals surface area contributed by atoms with E-state index in [-0.39, 0.29) is 0 Å². The van der Waals surface area contributed by atoms with Crippen molar-refractivity contribution in [1.29, 1.82) is 0 Å². The van der Waals surface area contributed by atoms with Crippen LogP contribution in [0.5, 0.6) is 0 Å². The number of fused-ring (bicyclic) bond motifs is 3. The van der Waals surface area contributed by atoms with Gasteiger partial charge in [-0.05, 0) is 54.8 Å². The van der Waals surface area contributed by atoms with Gasteiger partial charge in [-0.15, -0.1) is 11.3 Å². The lowest BCUT2D eigenvalue weighted by Crippen LogP contribution is -2.29. The zero-order valence-corrected chi connectivity index (χ0v) is 13.8. The van der Waals surface area contributed by atoms with Crippen LogP contribution in [0.25, 0.3) is 0 Å². The number of hydrogen-bond acceptors (Lipinski definition) is 2. The Hall–Kier alpha value is -1.25. The maximum absolute atomic E-state index is 6.51. The van der Waals surface area contributed by atoms with Gasteiger partial charge in [0, 0.05) is 27.1 Å². The van der Waals surface area contributed by atoms with E-state index in [0.29, 0.717) is 17.9 Å². The fourth-order valence-electron chi connectivity index (χ4n) is 3.77. The molecular weight excluding hydrogens is 298 g/mol. The van der Waals surface area contributed by atoms with Gasteiger partial charge in [-0.3, -0.25) is 0 Å². The topological polar surface area (TPSA) is 12.0 Å². The highest BCUT2D eigenvalue weighted by Gasteiger charge is 2.40. The summed E-state index contributed by atoms with van der Waals surface area (Å²) in [6.45, 7) is 4.38. The van der Waals surface area contributed by atoms with Crippen LogP contribution in [-0.2, 0) is 0 Å². The standard InChI is InChI=1S/C18H18ClNS/c1-10-6-7-14(19)15-12-4-3-5-13(12)17(20-16(10)15)18-11(2)8-9-21-18/h3-4,6-9,12-13,17,20H,5H2,1-2H3. The Bertz CT molecular complexity index is 731. The minimum absolute atomic E-state index is 0.398. The Kier molecular flexibility index (Phi) is 3.13. The molecule has 0 amide bonds. The molecule has 3 atom stereocenters. The number of aryl methyl sites for hydroxylation is 2. The molecule has 1 nitrogen and oxygen atoms in total. The van der Waals surface area contributed by atoms with Gasteiger partial charge in [0.25, 0.3) is 0 Å². The molecule has 21 heavy (non-hydrogen) atoms. The van der Waals surface area contributed by atoms with E-state index in [4.69, 9.17) is 11.6 Å². The molecule has 1 aromatic heterocycles. The van der Waals surface area contributed by atoms with Crippen molar-refractivity contribution in [1.82, 2.24) is 0 Å². The first-order chi connectivity index (χ1) is 10.2. The third-order valence-corrected chi connectivity index (χ3v) is 6.29. The van der Waals surface area contributed by atoms with Gasteiger partial charge in [0.2, 0.25) is 0 Å². The van der Waals surface area contributed by atoms with Gasteiger partial charge in [-0.1, -0.05) is 29.8 Å². The molecule has 3 unspecified atom stereocenters. The maximum Gasteiger partial charge on any atom is 0.0649 e. The highest BCUT2D eigenvalue weighted by molar-refractivity contribution is 7.10. The molecule has 0 radical (unpaired) electrons. The van der Waals surface area contributed by atoms with E-state index in [9.17, 15) is 0 Å². The van der Waals surface area contributed by atoms with Gasteiger partial charge in [0.15, 0.2) is 0 Å². The largest absolute Gasteiger partial charge is 0.377 e. The molecule has 0 bridgehead atoms. The van der Waals surface area contributed by atoms with Gasteiger partial charge in [-0.2, -0.15) is 0 Å². The molecule has 108 valence electrons. The minimum atomic E-state index is 0.398. The fourth-order valence-corrected chi connectivity index (χ4v) is 5.11. The van der Waals surface area contributed by atoms with Gasteiger partial charge in [0.05, 0.1) is 6.04 Å². The van der Waals surface area contributed by atoms with Crippen LogP contribution in [0, 0.1) is 19.8 Å². The molecule has 0 fully saturated rings. The summed E-state index contributed by atoms with van der Waals surface area (Å²) in [6.07, 6.45) is 5.80. The summed E-state index contributed by atoms with van der Waals surface area (Å²) in [5.74, 6) is 1.02. The van der Waals surface area contributed by atoms with Crippen LogP contribution >= 0.6 is 22.9 Å². The number of hydrogen-bond donors (Lipinski definition) is 1. The molecule has 2 aromatic rings. The number of thiophene rings is 1. The van der Waals surface area contributed by atoms with E-state index in [1.54, 1.807) is 0 Å². The lowest BCUT2D eigenvalue weighted by atomic mass is 9.77. The van der Waals surface area contributed by atoms with Crippen molar-refractivity contribution >= 4 is 28.6 Å². The highest BCUT2D eigenvalue weighted by Crippen LogP contribution is 2.53. The first-order valence-corrected chi connectivity index (χ1v) is 8.68. The molecule has 1 aromatic carbocycles. The third-order valence-electron chi connectivity index (χ3n) is 4.86. The highest BCUT2D eigenvalue weighted by atomic mass is 35.5. The minimum Gasteiger partial charge on any atom is -0.377 e. The first kappa shape index (κ1) is 13.4.